The normalized spacial score (nSPS) is 18.9. The predicted molar refractivity (Wildman–Crippen MR) is 136 cm³/mol. The van der Waals surface area contributed by atoms with Gasteiger partial charge in [0.1, 0.15) is 35.2 Å². The van der Waals surface area contributed by atoms with Crippen molar-refractivity contribution in [3.05, 3.63) is 23.9 Å². The molecule has 1 unspecified atom stereocenters. The topological polar surface area (TPSA) is 140 Å². The summed E-state index contributed by atoms with van der Waals surface area (Å²) < 4.78 is 16.7. The van der Waals surface area contributed by atoms with Gasteiger partial charge in [-0.2, -0.15) is 0 Å². The van der Waals surface area contributed by atoms with E-state index < -0.39 is 47.2 Å². The maximum absolute atomic E-state index is 13.6. The number of aromatic nitrogens is 2. The number of amides is 2. The molecule has 3 atom stereocenters. The zero-order chi connectivity index (χ0) is 27.7. The average molecular weight is 517 g/mol. The van der Waals surface area contributed by atoms with Gasteiger partial charge in [-0.15, -0.1) is 0 Å². The Morgan fingerprint density at radius 1 is 1.11 bits per heavy atom. The number of hydrogen-bond acceptors (Lipinski definition) is 8. The van der Waals surface area contributed by atoms with Gasteiger partial charge in [-0.1, -0.05) is 20.8 Å². The van der Waals surface area contributed by atoms with Crippen LogP contribution in [0.1, 0.15) is 53.7 Å². The highest BCUT2D eigenvalue weighted by molar-refractivity contribution is 5.90. The highest BCUT2D eigenvalue weighted by atomic mass is 16.6. The quantitative estimate of drug-likeness (QED) is 0.591. The zero-order valence-corrected chi connectivity index (χ0v) is 22.6. The monoisotopic (exact) mass is 516 g/mol. The molecule has 11 nitrogen and oxygen atoms in total. The van der Waals surface area contributed by atoms with E-state index in [0.717, 1.165) is 0 Å². The van der Waals surface area contributed by atoms with Crippen LogP contribution in [0.2, 0.25) is 0 Å². The van der Waals surface area contributed by atoms with E-state index in [1.54, 1.807) is 73.8 Å². The van der Waals surface area contributed by atoms with Crippen LogP contribution in [0.15, 0.2) is 18.2 Å². The molecule has 0 aliphatic carbocycles. The Balaban J connectivity index is 1.84. The van der Waals surface area contributed by atoms with Crippen molar-refractivity contribution in [3.63, 3.8) is 0 Å². The number of carboxylic acid groups (broad SMARTS) is 1. The number of likely N-dealkylation sites (tertiary alicyclic amines) is 1. The number of carbonyl (C=O) groups is 3. The second-order valence-electron chi connectivity index (χ2n) is 11.2. The van der Waals surface area contributed by atoms with E-state index in [0.29, 0.717) is 22.5 Å². The number of aryl methyl sites for hydroxylation is 1. The Bertz CT molecular complexity index is 1190. The van der Waals surface area contributed by atoms with Crippen molar-refractivity contribution >= 4 is 29.0 Å². The summed E-state index contributed by atoms with van der Waals surface area (Å²) in [4.78, 5) is 48.5. The largest absolute Gasteiger partial charge is 0.497 e. The highest BCUT2D eigenvalue weighted by Gasteiger charge is 2.46. The van der Waals surface area contributed by atoms with Crippen molar-refractivity contribution in [1.82, 2.24) is 20.2 Å². The van der Waals surface area contributed by atoms with Gasteiger partial charge in [0, 0.05) is 12.5 Å². The third-order valence-electron chi connectivity index (χ3n) is 5.89. The van der Waals surface area contributed by atoms with Gasteiger partial charge in [-0.3, -0.25) is 4.79 Å². The van der Waals surface area contributed by atoms with Crippen molar-refractivity contribution < 1.29 is 33.7 Å². The number of nitrogens with one attached hydrogen (secondary N) is 1. The van der Waals surface area contributed by atoms with Gasteiger partial charge in [0.05, 0.1) is 24.7 Å². The molecule has 3 rings (SSSR count). The first-order valence-electron chi connectivity index (χ1n) is 12.1. The number of methoxy groups -OCH3 is 1. The molecule has 11 heteroatoms. The summed E-state index contributed by atoms with van der Waals surface area (Å²) in [5.41, 5.74) is 0.297. The van der Waals surface area contributed by atoms with Crippen molar-refractivity contribution in [2.45, 2.75) is 78.7 Å². The van der Waals surface area contributed by atoms with Crippen LogP contribution in [0.25, 0.3) is 11.0 Å². The number of aliphatic carboxylic acids is 1. The molecule has 2 N–H and O–H groups in total. The van der Waals surface area contributed by atoms with E-state index in [9.17, 15) is 19.5 Å². The van der Waals surface area contributed by atoms with Gasteiger partial charge in [0.2, 0.25) is 11.8 Å². The molecule has 1 aliphatic rings. The minimum atomic E-state index is -1.16. The molecular formula is C26H36N4O7. The molecule has 1 fully saturated rings. The summed E-state index contributed by atoms with van der Waals surface area (Å²) in [5.74, 6) is -0.812. The number of nitrogens with zero attached hydrogens (tertiary/aromatic N) is 3. The molecule has 1 aromatic carbocycles. The van der Waals surface area contributed by atoms with Crippen LogP contribution < -0.4 is 14.8 Å². The van der Waals surface area contributed by atoms with Crippen LogP contribution >= 0.6 is 0 Å². The maximum atomic E-state index is 13.6. The first-order valence-corrected chi connectivity index (χ1v) is 12.1. The predicted octanol–water partition coefficient (Wildman–Crippen LogP) is 3.32. The van der Waals surface area contributed by atoms with E-state index in [2.05, 4.69) is 15.3 Å². The number of rotatable bonds is 6. The Hall–Kier alpha value is -3.63. The molecule has 37 heavy (non-hydrogen) atoms. The van der Waals surface area contributed by atoms with Crippen LogP contribution in [0.5, 0.6) is 11.6 Å². The fourth-order valence-electron chi connectivity index (χ4n) is 4.10. The van der Waals surface area contributed by atoms with Crippen LogP contribution in [-0.2, 0) is 14.3 Å². The van der Waals surface area contributed by atoms with Crippen molar-refractivity contribution in [2.75, 3.05) is 13.7 Å². The summed E-state index contributed by atoms with van der Waals surface area (Å²) in [6.07, 6.45) is -1.33. The molecule has 0 bridgehead atoms. The number of carbonyl (C=O) groups excluding carboxylic acids is 2. The maximum Gasteiger partial charge on any atom is 0.408 e. The molecule has 0 radical (unpaired) electrons. The summed E-state index contributed by atoms with van der Waals surface area (Å²) in [5, 5.41) is 12.5. The van der Waals surface area contributed by atoms with Crippen LogP contribution in [0.4, 0.5) is 4.79 Å². The molecule has 1 aliphatic heterocycles. The van der Waals surface area contributed by atoms with E-state index in [-0.39, 0.29) is 18.8 Å². The average Bonchev–Trinajstić information content (AvgIpc) is 3.19. The zero-order valence-electron chi connectivity index (χ0n) is 22.6. The summed E-state index contributed by atoms with van der Waals surface area (Å²) in [6.45, 7) is 12.3. The summed E-state index contributed by atoms with van der Waals surface area (Å²) in [6, 6.07) is 3.16. The van der Waals surface area contributed by atoms with E-state index >= 15 is 0 Å². The summed E-state index contributed by atoms with van der Waals surface area (Å²) in [7, 11) is 1.55. The van der Waals surface area contributed by atoms with E-state index in [4.69, 9.17) is 14.2 Å². The second kappa shape index (κ2) is 10.4. The first kappa shape index (κ1) is 27.9. The number of alkyl carbamates (subject to hydrolysis) is 1. The fourth-order valence-corrected chi connectivity index (χ4v) is 4.10. The number of benzene rings is 1. The Morgan fingerprint density at radius 2 is 1.78 bits per heavy atom. The molecule has 0 spiro atoms. The molecule has 202 valence electrons. The van der Waals surface area contributed by atoms with E-state index in [1.165, 1.54) is 4.90 Å². The molecule has 2 heterocycles. The van der Waals surface area contributed by atoms with Gasteiger partial charge in [0.25, 0.3) is 0 Å². The molecule has 1 saturated heterocycles. The van der Waals surface area contributed by atoms with Crippen molar-refractivity contribution in [2.24, 2.45) is 5.41 Å². The standard InChI is InChI=1S/C26H36N4O7/c1-14-21(28-18-11-15(35-8)9-10-17(18)27-14)36-16-12-19(23(32)33)30(13-16)22(31)20(25(2,3)4)29-24(34)37-26(5,6)7/h9-11,16,19-20H,12-13H2,1-8H3,(H,29,34)(H,32,33)/t16-,19+,20?/m1/s1. The van der Waals surface area contributed by atoms with Gasteiger partial charge in [-0.25, -0.2) is 19.6 Å². The lowest BCUT2D eigenvalue weighted by Gasteiger charge is -2.35. The van der Waals surface area contributed by atoms with Gasteiger partial charge >= 0.3 is 12.1 Å². The lowest BCUT2D eigenvalue weighted by atomic mass is 9.85. The summed E-state index contributed by atoms with van der Waals surface area (Å²) >= 11 is 0. The SMILES string of the molecule is COc1ccc2nc(C)c(O[C@@H]3C[C@@H](C(=O)O)N(C(=O)C(NC(=O)OC(C)(C)C)C(C)(C)C)C3)nc2c1. The lowest BCUT2D eigenvalue weighted by molar-refractivity contribution is -0.150. The lowest BCUT2D eigenvalue weighted by Crippen LogP contribution is -2.57. The van der Waals surface area contributed by atoms with Gasteiger partial charge in [0.15, 0.2) is 0 Å². The second-order valence-corrected chi connectivity index (χ2v) is 11.2. The highest BCUT2D eigenvalue weighted by Crippen LogP contribution is 2.29. The number of hydrogen-bond donors (Lipinski definition) is 2. The fraction of sp³-hybridized carbons (Fsp3) is 0.577. The van der Waals surface area contributed by atoms with Crippen LogP contribution in [0, 0.1) is 12.3 Å². The number of ether oxygens (including phenoxy) is 3. The third-order valence-corrected chi connectivity index (χ3v) is 5.89. The Labute approximate surface area is 216 Å². The Kier molecular flexibility index (Phi) is 7.85. The minimum Gasteiger partial charge on any atom is -0.497 e. The van der Waals surface area contributed by atoms with Crippen molar-refractivity contribution in [3.8, 4) is 11.6 Å². The smallest absolute Gasteiger partial charge is 0.408 e. The molecule has 2 aromatic rings. The molecule has 2 amide bonds. The van der Waals surface area contributed by atoms with Crippen molar-refractivity contribution in [1.29, 1.82) is 0 Å². The van der Waals surface area contributed by atoms with Crippen LogP contribution in [-0.4, -0.2) is 75.4 Å². The third kappa shape index (κ3) is 6.78. The number of carboxylic acids is 1. The Morgan fingerprint density at radius 3 is 2.35 bits per heavy atom. The number of fused-ring (bicyclic) bond motifs is 1. The van der Waals surface area contributed by atoms with Gasteiger partial charge < -0.3 is 29.5 Å². The molecule has 0 saturated carbocycles. The molecular weight excluding hydrogens is 480 g/mol. The van der Waals surface area contributed by atoms with E-state index in [1.807, 2.05) is 0 Å². The first-order chi connectivity index (χ1) is 17.1. The van der Waals surface area contributed by atoms with Crippen LogP contribution in [0.3, 0.4) is 0 Å². The van der Waals surface area contributed by atoms with Gasteiger partial charge in [-0.05, 0) is 45.2 Å². The minimum absolute atomic E-state index is 0.00957. The molecule has 1 aromatic heterocycles.